The molecule has 6 rings (SSSR count). The molecule has 5 nitrogen and oxygen atoms in total. The summed E-state index contributed by atoms with van der Waals surface area (Å²) in [6.07, 6.45) is 3.20. The number of fused-ring (bicyclic) bond motifs is 3. The van der Waals surface area contributed by atoms with E-state index in [9.17, 15) is 14.0 Å². The van der Waals surface area contributed by atoms with Crippen LogP contribution in [0.25, 0.3) is 0 Å². The summed E-state index contributed by atoms with van der Waals surface area (Å²) in [7, 11) is 0. The zero-order valence-corrected chi connectivity index (χ0v) is 16.0. The number of para-hydroxylation sites is 1. The van der Waals surface area contributed by atoms with Gasteiger partial charge in [-0.25, -0.2) is 4.39 Å². The van der Waals surface area contributed by atoms with E-state index in [1.54, 1.807) is 18.2 Å². The predicted molar refractivity (Wildman–Crippen MR) is 104 cm³/mol. The minimum absolute atomic E-state index is 0.00125. The molecule has 2 bridgehead atoms. The number of carbonyl (C=O) groups excluding carboxylic acids is 2. The van der Waals surface area contributed by atoms with E-state index in [0.717, 1.165) is 18.4 Å². The molecular formula is C23H23FN2O3. The molecule has 0 unspecified atom stereocenters. The molecule has 3 fully saturated rings. The van der Waals surface area contributed by atoms with Crippen molar-refractivity contribution in [1.29, 1.82) is 0 Å². The zero-order chi connectivity index (χ0) is 20.0. The quantitative estimate of drug-likeness (QED) is 0.839. The summed E-state index contributed by atoms with van der Waals surface area (Å²) in [4.78, 5) is 25.5. The number of nitrogens with one attached hydrogen (secondary N) is 2. The van der Waals surface area contributed by atoms with E-state index in [4.69, 9.17) is 4.74 Å². The number of benzene rings is 2. The van der Waals surface area contributed by atoms with Crippen LogP contribution in [0.1, 0.15) is 41.6 Å². The first kappa shape index (κ1) is 18.2. The summed E-state index contributed by atoms with van der Waals surface area (Å²) in [5.41, 5.74) is 0.590. The highest BCUT2D eigenvalue weighted by Gasteiger charge is 2.57. The van der Waals surface area contributed by atoms with Crippen molar-refractivity contribution in [3.63, 3.8) is 0 Å². The van der Waals surface area contributed by atoms with Gasteiger partial charge in [0.2, 0.25) is 5.91 Å². The van der Waals surface area contributed by atoms with E-state index in [2.05, 4.69) is 10.6 Å². The minimum atomic E-state index is -0.715. The molecular weight excluding hydrogens is 371 g/mol. The van der Waals surface area contributed by atoms with Gasteiger partial charge in [0.05, 0.1) is 5.56 Å². The maximum absolute atomic E-state index is 13.3. The molecule has 1 heterocycles. The first-order valence-electron chi connectivity index (χ1n) is 10.2. The summed E-state index contributed by atoms with van der Waals surface area (Å²) in [5, 5.41) is 6.07. The third-order valence-corrected chi connectivity index (χ3v) is 6.66. The van der Waals surface area contributed by atoms with Gasteiger partial charge in [-0.05, 0) is 55.0 Å². The second-order valence-electron chi connectivity index (χ2n) is 8.37. The molecule has 1 spiro atoms. The number of amides is 2. The van der Waals surface area contributed by atoms with E-state index in [-0.39, 0.29) is 35.4 Å². The fourth-order valence-electron chi connectivity index (χ4n) is 5.25. The highest BCUT2D eigenvalue weighted by Crippen LogP contribution is 2.52. The van der Waals surface area contributed by atoms with Crippen LogP contribution < -0.4 is 15.4 Å². The van der Waals surface area contributed by atoms with Gasteiger partial charge in [-0.1, -0.05) is 24.3 Å². The monoisotopic (exact) mass is 394 g/mol. The topological polar surface area (TPSA) is 67.4 Å². The summed E-state index contributed by atoms with van der Waals surface area (Å²) in [5.74, 6) is 0.350. The molecule has 2 amide bonds. The smallest absolute Gasteiger partial charge is 0.258 e. The van der Waals surface area contributed by atoms with Gasteiger partial charge in [0.15, 0.2) is 5.72 Å². The Balaban J connectivity index is 1.29. The van der Waals surface area contributed by atoms with Gasteiger partial charge in [0, 0.05) is 24.8 Å². The van der Waals surface area contributed by atoms with Crippen LogP contribution in [0.4, 0.5) is 4.39 Å². The largest absolute Gasteiger partial charge is 0.467 e. The van der Waals surface area contributed by atoms with Crippen LogP contribution in [-0.2, 0) is 11.3 Å². The molecule has 150 valence electrons. The van der Waals surface area contributed by atoms with Crippen LogP contribution in [0.3, 0.4) is 0 Å². The van der Waals surface area contributed by atoms with Crippen LogP contribution >= 0.6 is 0 Å². The lowest BCUT2D eigenvalue weighted by Crippen LogP contribution is -2.66. The van der Waals surface area contributed by atoms with Gasteiger partial charge < -0.3 is 15.4 Å². The Hall–Kier alpha value is -2.89. The Morgan fingerprint density at radius 2 is 2.07 bits per heavy atom. The second-order valence-corrected chi connectivity index (χ2v) is 8.37. The summed E-state index contributed by atoms with van der Waals surface area (Å²) >= 11 is 0. The Morgan fingerprint density at radius 3 is 2.86 bits per heavy atom. The molecule has 4 atom stereocenters. The van der Waals surface area contributed by atoms with E-state index in [1.807, 2.05) is 18.2 Å². The second kappa shape index (κ2) is 6.87. The minimum Gasteiger partial charge on any atom is -0.467 e. The average molecular weight is 394 g/mol. The number of rotatable bonds is 3. The fraction of sp³-hybridized carbons (Fsp3) is 0.391. The van der Waals surface area contributed by atoms with Crippen LogP contribution in [0.2, 0.25) is 0 Å². The number of ether oxygens (including phenoxy) is 1. The highest BCUT2D eigenvalue weighted by atomic mass is 19.1. The molecule has 2 aromatic rings. The standard InChI is InChI=1S/C23H23FN2O3/c24-17-5-3-4-14(10-17)13-25-21(27)19-11-16-9-8-15(19)12-23(16)26-22(28)18-6-1-2-7-20(18)29-23/h1-7,10,15-16,19H,8-9,11-13H2,(H,25,27)(H,26,28)/t15-,16+,19+,23-/m1/s1. The third kappa shape index (κ3) is 3.16. The third-order valence-electron chi connectivity index (χ3n) is 6.66. The van der Waals surface area contributed by atoms with Crippen molar-refractivity contribution in [1.82, 2.24) is 10.6 Å². The van der Waals surface area contributed by atoms with Crippen LogP contribution in [0, 0.1) is 23.6 Å². The zero-order valence-electron chi connectivity index (χ0n) is 16.0. The molecule has 2 N–H and O–H groups in total. The molecule has 0 radical (unpaired) electrons. The molecule has 2 aromatic carbocycles. The Morgan fingerprint density at radius 1 is 1.21 bits per heavy atom. The molecule has 1 aliphatic heterocycles. The van der Waals surface area contributed by atoms with Gasteiger partial charge in [-0.15, -0.1) is 0 Å². The first-order chi connectivity index (χ1) is 14.0. The molecule has 3 aliphatic carbocycles. The van der Waals surface area contributed by atoms with E-state index in [1.165, 1.54) is 12.1 Å². The van der Waals surface area contributed by atoms with Gasteiger partial charge in [-0.2, -0.15) is 0 Å². The molecule has 3 saturated carbocycles. The Kier molecular flexibility index (Phi) is 4.30. The molecule has 0 saturated heterocycles. The van der Waals surface area contributed by atoms with E-state index >= 15 is 0 Å². The van der Waals surface area contributed by atoms with Crippen LogP contribution in [0.15, 0.2) is 48.5 Å². The van der Waals surface area contributed by atoms with Crippen LogP contribution in [-0.4, -0.2) is 17.5 Å². The predicted octanol–water partition coefficient (Wildman–Crippen LogP) is 3.40. The number of hydrogen-bond acceptors (Lipinski definition) is 3. The SMILES string of the molecule is O=C1N[C@]2(C[C@H]3CC[C@H]2C[C@@H]3C(=O)NCc2cccc(F)c2)Oc2ccccc21. The Bertz CT molecular complexity index is 978. The number of carbonyl (C=O) groups is 2. The van der Waals surface area contributed by atoms with Crippen molar-refractivity contribution in [3.05, 3.63) is 65.5 Å². The normalized spacial score (nSPS) is 29.7. The number of hydrogen-bond donors (Lipinski definition) is 2. The lowest BCUT2D eigenvalue weighted by atomic mass is 9.60. The summed E-state index contributed by atoms with van der Waals surface area (Å²) < 4.78 is 19.7. The van der Waals surface area contributed by atoms with Crippen molar-refractivity contribution in [2.24, 2.45) is 17.8 Å². The van der Waals surface area contributed by atoms with E-state index < -0.39 is 5.72 Å². The van der Waals surface area contributed by atoms with Gasteiger partial charge in [0.1, 0.15) is 11.6 Å². The van der Waals surface area contributed by atoms with Crippen LogP contribution in [0.5, 0.6) is 5.75 Å². The lowest BCUT2D eigenvalue weighted by Gasteiger charge is -2.55. The lowest BCUT2D eigenvalue weighted by molar-refractivity contribution is -0.146. The number of halogens is 1. The summed E-state index contributed by atoms with van der Waals surface area (Å²) in [6, 6.07) is 13.6. The van der Waals surface area contributed by atoms with Gasteiger partial charge in [-0.3, -0.25) is 9.59 Å². The first-order valence-corrected chi connectivity index (χ1v) is 10.2. The average Bonchev–Trinajstić information content (AvgIpc) is 2.72. The molecule has 29 heavy (non-hydrogen) atoms. The van der Waals surface area contributed by atoms with E-state index in [0.29, 0.717) is 30.7 Å². The van der Waals surface area contributed by atoms with Crippen molar-refractivity contribution in [3.8, 4) is 5.75 Å². The summed E-state index contributed by atoms with van der Waals surface area (Å²) in [6.45, 7) is 0.316. The van der Waals surface area contributed by atoms with Crippen molar-refractivity contribution < 1.29 is 18.7 Å². The van der Waals surface area contributed by atoms with Crippen molar-refractivity contribution >= 4 is 11.8 Å². The maximum atomic E-state index is 13.3. The molecule has 0 aromatic heterocycles. The van der Waals surface area contributed by atoms with Crippen molar-refractivity contribution in [2.45, 2.75) is 38.0 Å². The van der Waals surface area contributed by atoms with Gasteiger partial charge >= 0.3 is 0 Å². The van der Waals surface area contributed by atoms with Crippen molar-refractivity contribution in [2.75, 3.05) is 0 Å². The van der Waals surface area contributed by atoms with Gasteiger partial charge in [0.25, 0.3) is 5.91 Å². The maximum Gasteiger partial charge on any atom is 0.258 e. The molecule has 6 heteroatoms. The Labute approximate surface area is 168 Å². The highest BCUT2D eigenvalue weighted by molar-refractivity contribution is 5.98. The fourth-order valence-corrected chi connectivity index (χ4v) is 5.25. The molecule has 4 aliphatic rings.